The zero-order chi connectivity index (χ0) is 24.9. The molecule has 0 aliphatic carbocycles. The quantitative estimate of drug-likeness (QED) is 0.325. The molecule has 2 heterocycles. The molecule has 4 rings (SSSR count). The topological polar surface area (TPSA) is 118 Å². The van der Waals surface area contributed by atoms with E-state index in [9.17, 15) is 9.90 Å². The molecule has 0 saturated carbocycles. The lowest BCUT2D eigenvalue weighted by Crippen LogP contribution is -2.22. The second kappa shape index (κ2) is 10.8. The predicted molar refractivity (Wildman–Crippen MR) is 135 cm³/mol. The third-order valence-electron chi connectivity index (χ3n) is 5.64. The van der Waals surface area contributed by atoms with Gasteiger partial charge in [0.25, 0.3) is 5.56 Å². The Bertz CT molecular complexity index is 1340. The summed E-state index contributed by atoms with van der Waals surface area (Å²) in [6, 6.07) is 15.5. The van der Waals surface area contributed by atoms with Crippen LogP contribution in [-0.4, -0.2) is 43.9 Å². The van der Waals surface area contributed by atoms with Crippen LogP contribution in [0.5, 0.6) is 11.8 Å². The van der Waals surface area contributed by atoms with Crippen LogP contribution in [0.1, 0.15) is 22.5 Å². The van der Waals surface area contributed by atoms with Crippen molar-refractivity contribution in [2.75, 3.05) is 13.2 Å². The minimum atomic E-state index is -0.978. The molecule has 0 aliphatic heterocycles. The molecule has 0 bridgehead atoms. The Morgan fingerprint density at radius 3 is 2.37 bits per heavy atom. The van der Waals surface area contributed by atoms with Gasteiger partial charge in [-0.1, -0.05) is 29.7 Å². The van der Waals surface area contributed by atoms with Crippen molar-refractivity contribution in [1.82, 2.24) is 14.3 Å². The smallest absolute Gasteiger partial charge is 0.316 e. The van der Waals surface area contributed by atoms with Gasteiger partial charge >= 0.3 is 6.01 Å². The number of nitrogens with one attached hydrogen (secondary N) is 1. The average Bonchev–Trinajstić information content (AvgIpc) is 3.29. The number of aromatic nitrogens is 3. The SMILES string of the molecule is Cc1nc(OC[C@H](O)CO)nc(C)c1-c1cccc(COc2ccc(-c3cc(=O)[nH]s3)cc2)c1C. The molecule has 0 amide bonds. The van der Waals surface area contributed by atoms with Crippen molar-refractivity contribution in [1.29, 1.82) is 0 Å². The first-order chi connectivity index (χ1) is 16.9. The third kappa shape index (κ3) is 5.76. The lowest BCUT2D eigenvalue weighted by molar-refractivity contribution is 0.0503. The van der Waals surface area contributed by atoms with Gasteiger partial charge in [-0.15, -0.1) is 0 Å². The minimum absolute atomic E-state index is 0.0764. The Balaban J connectivity index is 1.50. The Labute approximate surface area is 207 Å². The molecule has 0 fully saturated rings. The van der Waals surface area contributed by atoms with Gasteiger partial charge in [-0.3, -0.25) is 9.17 Å². The van der Waals surface area contributed by atoms with E-state index in [1.807, 2.05) is 63.2 Å². The first-order valence-corrected chi connectivity index (χ1v) is 11.9. The van der Waals surface area contributed by atoms with E-state index in [-0.39, 0.29) is 24.8 Å². The Morgan fingerprint density at radius 2 is 1.74 bits per heavy atom. The molecule has 35 heavy (non-hydrogen) atoms. The van der Waals surface area contributed by atoms with Crippen LogP contribution in [0.2, 0.25) is 0 Å². The molecule has 0 radical (unpaired) electrons. The highest BCUT2D eigenvalue weighted by atomic mass is 32.1. The maximum absolute atomic E-state index is 11.4. The number of ether oxygens (including phenoxy) is 2. The number of H-pyrrole nitrogens is 1. The molecular formula is C26H27N3O5S. The predicted octanol–water partition coefficient (Wildman–Crippen LogP) is 3.80. The number of benzene rings is 2. The molecule has 4 aromatic rings. The van der Waals surface area contributed by atoms with Crippen molar-refractivity contribution in [3.63, 3.8) is 0 Å². The van der Waals surface area contributed by atoms with Gasteiger partial charge < -0.3 is 19.7 Å². The summed E-state index contributed by atoms with van der Waals surface area (Å²) in [4.78, 5) is 21.1. The third-order valence-corrected chi connectivity index (χ3v) is 6.51. The summed E-state index contributed by atoms with van der Waals surface area (Å²) in [6.07, 6.45) is -0.978. The van der Waals surface area contributed by atoms with Crippen molar-refractivity contribution >= 4 is 11.5 Å². The van der Waals surface area contributed by atoms with E-state index in [1.54, 1.807) is 6.07 Å². The van der Waals surface area contributed by atoms with Crippen LogP contribution < -0.4 is 15.0 Å². The van der Waals surface area contributed by atoms with Gasteiger partial charge in [0, 0.05) is 11.6 Å². The van der Waals surface area contributed by atoms with Crippen LogP contribution in [0.4, 0.5) is 0 Å². The van der Waals surface area contributed by atoms with Crippen LogP contribution in [0, 0.1) is 20.8 Å². The van der Waals surface area contributed by atoms with Crippen molar-refractivity contribution in [3.05, 3.63) is 81.4 Å². The largest absolute Gasteiger partial charge is 0.489 e. The lowest BCUT2D eigenvalue weighted by atomic mass is 9.95. The van der Waals surface area contributed by atoms with Crippen LogP contribution in [-0.2, 0) is 6.61 Å². The number of hydrogen-bond acceptors (Lipinski definition) is 8. The fraction of sp³-hybridized carbons (Fsp3) is 0.269. The van der Waals surface area contributed by atoms with Crippen molar-refractivity contribution in [2.24, 2.45) is 0 Å². The van der Waals surface area contributed by atoms with E-state index >= 15 is 0 Å². The first-order valence-electron chi connectivity index (χ1n) is 11.1. The zero-order valence-corrected chi connectivity index (χ0v) is 20.6. The minimum Gasteiger partial charge on any atom is -0.489 e. The average molecular weight is 494 g/mol. The standard InChI is InChI=1S/C26H27N3O5S/c1-15-19(13-33-21-9-7-18(8-10-21)23-11-24(32)29-35-23)5-4-6-22(15)25-16(2)27-26(28-17(25)3)34-14-20(31)12-30/h4-11,20,30-31H,12-14H2,1-3H3,(H,29,32)/t20-/m1/s1. The summed E-state index contributed by atoms with van der Waals surface area (Å²) in [5.41, 5.74) is 6.43. The molecule has 0 spiro atoms. The Morgan fingerprint density at radius 1 is 1.03 bits per heavy atom. The van der Waals surface area contributed by atoms with Gasteiger partial charge in [-0.25, -0.2) is 0 Å². The second-order valence-corrected chi connectivity index (χ2v) is 9.03. The van der Waals surface area contributed by atoms with Gasteiger partial charge in [0.2, 0.25) is 0 Å². The number of aromatic amines is 1. The molecule has 0 saturated heterocycles. The molecule has 3 N–H and O–H groups in total. The van der Waals surface area contributed by atoms with E-state index in [4.69, 9.17) is 14.6 Å². The fourth-order valence-electron chi connectivity index (χ4n) is 3.78. The van der Waals surface area contributed by atoms with Crippen molar-refractivity contribution in [2.45, 2.75) is 33.5 Å². The zero-order valence-electron chi connectivity index (χ0n) is 19.7. The number of rotatable bonds is 9. The van der Waals surface area contributed by atoms with E-state index < -0.39 is 6.10 Å². The van der Waals surface area contributed by atoms with Gasteiger partial charge in [0.15, 0.2) is 0 Å². The van der Waals surface area contributed by atoms with E-state index in [2.05, 4.69) is 14.3 Å². The van der Waals surface area contributed by atoms with Crippen LogP contribution in [0.25, 0.3) is 21.6 Å². The summed E-state index contributed by atoms with van der Waals surface area (Å²) in [6.45, 7) is 5.77. The van der Waals surface area contributed by atoms with E-state index in [1.165, 1.54) is 11.5 Å². The highest BCUT2D eigenvalue weighted by Crippen LogP contribution is 2.32. The van der Waals surface area contributed by atoms with Crippen LogP contribution in [0.15, 0.2) is 53.3 Å². The fourth-order valence-corrected chi connectivity index (χ4v) is 4.47. The maximum atomic E-state index is 11.4. The number of aliphatic hydroxyl groups excluding tert-OH is 2. The molecule has 2 aromatic heterocycles. The Kier molecular flexibility index (Phi) is 7.60. The molecule has 0 aliphatic rings. The first kappa shape index (κ1) is 24.6. The van der Waals surface area contributed by atoms with Gasteiger partial charge in [0.05, 0.1) is 22.9 Å². The normalized spacial score (nSPS) is 11.9. The molecule has 8 nitrogen and oxygen atoms in total. The molecule has 0 unspecified atom stereocenters. The summed E-state index contributed by atoms with van der Waals surface area (Å²) >= 11 is 1.31. The van der Waals surface area contributed by atoms with Gasteiger partial charge in [0.1, 0.15) is 25.1 Å². The van der Waals surface area contributed by atoms with Crippen molar-refractivity contribution < 1.29 is 19.7 Å². The Hall–Kier alpha value is -3.53. The number of aryl methyl sites for hydroxylation is 2. The molecule has 1 atom stereocenters. The van der Waals surface area contributed by atoms with E-state index in [0.29, 0.717) is 6.61 Å². The number of aliphatic hydroxyl groups is 2. The van der Waals surface area contributed by atoms with Crippen LogP contribution >= 0.6 is 11.5 Å². The lowest BCUT2D eigenvalue weighted by Gasteiger charge is -2.17. The van der Waals surface area contributed by atoms with Gasteiger partial charge in [-0.05, 0) is 67.3 Å². The summed E-state index contributed by atoms with van der Waals surface area (Å²) in [5.74, 6) is 0.740. The summed E-state index contributed by atoms with van der Waals surface area (Å²) < 4.78 is 14.2. The van der Waals surface area contributed by atoms with Gasteiger partial charge in [-0.2, -0.15) is 9.97 Å². The molecule has 9 heteroatoms. The summed E-state index contributed by atoms with van der Waals surface area (Å²) in [5, 5.41) is 18.5. The van der Waals surface area contributed by atoms with Crippen molar-refractivity contribution in [3.8, 4) is 33.3 Å². The molecule has 2 aromatic carbocycles. The number of hydrogen-bond donors (Lipinski definition) is 3. The summed E-state index contributed by atoms with van der Waals surface area (Å²) in [7, 11) is 0. The van der Waals surface area contributed by atoms with E-state index in [0.717, 1.165) is 49.8 Å². The van der Waals surface area contributed by atoms with Crippen LogP contribution in [0.3, 0.4) is 0 Å². The monoisotopic (exact) mass is 493 g/mol. The number of nitrogens with zero attached hydrogens (tertiary/aromatic N) is 2. The highest BCUT2D eigenvalue weighted by molar-refractivity contribution is 7.09. The second-order valence-electron chi connectivity index (χ2n) is 8.18. The molecular weight excluding hydrogens is 466 g/mol. The molecule has 182 valence electrons. The maximum Gasteiger partial charge on any atom is 0.316 e. The highest BCUT2D eigenvalue weighted by Gasteiger charge is 2.16.